The molecule has 2 amide bonds. The summed E-state index contributed by atoms with van der Waals surface area (Å²) in [4.78, 5) is 33.5. The van der Waals surface area contributed by atoms with Gasteiger partial charge in [0.25, 0.3) is 5.91 Å². The molecule has 2 aromatic rings. The predicted molar refractivity (Wildman–Crippen MR) is 88.3 cm³/mol. The Bertz CT molecular complexity index is 787. The summed E-state index contributed by atoms with van der Waals surface area (Å²) < 4.78 is 4.82. The fourth-order valence-electron chi connectivity index (χ4n) is 1.88. The molecule has 0 unspecified atom stereocenters. The first-order chi connectivity index (χ1) is 11.4. The van der Waals surface area contributed by atoms with Crippen molar-refractivity contribution in [1.29, 1.82) is 0 Å². The summed E-state index contributed by atoms with van der Waals surface area (Å²) in [7, 11) is 0. The Kier molecular flexibility index (Phi) is 5.54. The van der Waals surface area contributed by atoms with Gasteiger partial charge in [0.2, 0.25) is 5.91 Å². The van der Waals surface area contributed by atoms with E-state index in [0.29, 0.717) is 18.5 Å². The van der Waals surface area contributed by atoms with Crippen molar-refractivity contribution >= 4 is 40.7 Å². The Morgan fingerprint density at radius 2 is 2.00 bits per heavy atom. The minimum Gasteiger partial charge on any atom is -0.395 e. The van der Waals surface area contributed by atoms with Crippen LogP contribution in [0, 0.1) is 10.1 Å². The van der Waals surface area contributed by atoms with Crippen molar-refractivity contribution in [2.75, 3.05) is 10.6 Å². The lowest BCUT2D eigenvalue weighted by molar-refractivity contribution is -0.402. The number of amides is 2. The maximum Gasteiger partial charge on any atom is 0.433 e. The van der Waals surface area contributed by atoms with Crippen molar-refractivity contribution in [3.05, 3.63) is 51.2 Å². The Hall–Kier alpha value is -2.87. The Morgan fingerprint density at radius 3 is 2.62 bits per heavy atom. The van der Waals surface area contributed by atoms with E-state index in [9.17, 15) is 19.7 Å². The summed E-state index contributed by atoms with van der Waals surface area (Å²) in [6.45, 7) is 1.88. The lowest BCUT2D eigenvalue weighted by atomic mass is 10.2. The molecule has 2 N–H and O–H groups in total. The number of anilines is 2. The zero-order valence-corrected chi connectivity index (χ0v) is 13.4. The molecule has 8 nitrogen and oxygen atoms in total. The van der Waals surface area contributed by atoms with Gasteiger partial charge in [-0.2, -0.15) is 0 Å². The highest BCUT2D eigenvalue weighted by Gasteiger charge is 2.18. The van der Waals surface area contributed by atoms with Crippen molar-refractivity contribution in [3.8, 4) is 0 Å². The molecular weight excluding hydrogens is 338 g/mol. The minimum absolute atomic E-state index is 0.154. The third kappa shape index (κ3) is 4.32. The van der Waals surface area contributed by atoms with Gasteiger partial charge >= 0.3 is 5.88 Å². The van der Waals surface area contributed by atoms with E-state index in [1.807, 2.05) is 6.92 Å². The molecule has 0 atom stereocenters. The predicted octanol–water partition coefficient (Wildman–Crippen LogP) is 3.83. The van der Waals surface area contributed by atoms with Crippen LogP contribution in [0.2, 0.25) is 5.02 Å². The van der Waals surface area contributed by atoms with Crippen LogP contribution in [0.4, 0.5) is 17.3 Å². The first kappa shape index (κ1) is 17.5. The molecule has 0 radical (unpaired) electrons. The van der Waals surface area contributed by atoms with Crippen LogP contribution >= 0.6 is 11.6 Å². The number of nitrogens with one attached hydrogen (secondary N) is 2. The summed E-state index contributed by atoms with van der Waals surface area (Å²) in [5.41, 5.74) is 0.716. The number of furan rings is 1. The number of benzene rings is 1. The molecule has 0 aliphatic rings. The maximum atomic E-state index is 12.1. The van der Waals surface area contributed by atoms with Crippen LogP contribution in [0.25, 0.3) is 0 Å². The number of nitro groups is 1. The molecule has 126 valence electrons. The van der Waals surface area contributed by atoms with Crippen molar-refractivity contribution in [1.82, 2.24) is 0 Å². The van der Waals surface area contributed by atoms with Gasteiger partial charge < -0.3 is 15.1 Å². The van der Waals surface area contributed by atoms with Gasteiger partial charge in [-0.15, -0.1) is 0 Å². The molecule has 1 aromatic carbocycles. The molecule has 24 heavy (non-hydrogen) atoms. The Morgan fingerprint density at radius 1 is 1.25 bits per heavy atom. The highest BCUT2D eigenvalue weighted by Crippen LogP contribution is 2.27. The number of carbonyl (C=O) groups excluding carboxylic acids is 2. The third-order valence-corrected chi connectivity index (χ3v) is 3.30. The van der Waals surface area contributed by atoms with Crippen molar-refractivity contribution in [3.63, 3.8) is 0 Å². The van der Waals surface area contributed by atoms with Crippen molar-refractivity contribution in [2.45, 2.75) is 19.8 Å². The summed E-state index contributed by atoms with van der Waals surface area (Å²) in [5.74, 6) is -1.61. The second-order valence-corrected chi connectivity index (χ2v) is 5.25. The van der Waals surface area contributed by atoms with E-state index in [1.165, 1.54) is 18.2 Å². The first-order valence-corrected chi connectivity index (χ1v) is 7.43. The van der Waals surface area contributed by atoms with Crippen LogP contribution < -0.4 is 10.6 Å². The molecule has 9 heteroatoms. The van der Waals surface area contributed by atoms with Gasteiger partial charge in [-0.3, -0.25) is 19.7 Å². The summed E-state index contributed by atoms with van der Waals surface area (Å²) in [5, 5.41) is 16.0. The quantitative estimate of drug-likeness (QED) is 0.606. The molecular formula is C15H14ClN3O5. The zero-order chi connectivity index (χ0) is 17.7. The van der Waals surface area contributed by atoms with E-state index in [1.54, 1.807) is 6.07 Å². The number of nitrogens with zero attached hydrogens (tertiary/aromatic N) is 1. The van der Waals surface area contributed by atoms with Gasteiger partial charge in [0.1, 0.15) is 4.92 Å². The SMILES string of the molecule is CCCC(=O)Nc1ccc(Cl)c(NC(=O)c2ccc([N+](=O)[O-])o2)c1. The molecule has 0 aliphatic heterocycles. The van der Waals surface area contributed by atoms with Crippen LogP contribution in [-0.4, -0.2) is 16.7 Å². The van der Waals surface area contributed by atoms with E-state index in [-0.39, 0.29) is 22.4 Å². The van der Waals surface area contributed by atoms with E-state index in [2.05, 4.69) is 10.6 Å². The second-order valence-electron chi connectivity index (χ2n) is 4.84. The topological polar surface area (TPSA) is 114 Å². The molecule has 0 bridgehead atoms. The lowest BCUT2D eigenvalue weighted by Gasteiger charge is -2.09. The highest BCUT2D eigenvalue weighted by atomic mass is 35.5. The summed E-state index contributed by atoms with van der Waals surface area (Å²) in [6.07, 6.45) is 1.08. The first-order valence-electron chi connectivity index (χ1n) is 7.05. The molecule has 2 rings (SSSR count). The molecule has 0 aliphatic carbocycles. The number of hydrogen-bond acceptors (Lipinski definition) is 5. The van der Waals surface area contributed by atoms with Crippen LogP contribution in [0.3, 0.4) is 0 Å². The van der Waals surface area contributed by atoms with Crippen LogP contribution in [0.5, 0.6) is 0 Å². The van der Waals surface area contributed by atoms with Crippen LogP contribution in [0.15, 0.2) is 34.7 Å². The van der Waals surface area contributed by atoms with Gasteiger partial charge in [-0.1, -0.05) is 18.5 Å². The van der Waals surface area contributed by atoms with Crippen molar-refractivity contribution < 1.29 is 18.9 Å². The van der Waals surface area contributed by atoms with Crippen molar-refractivity contribution in [2.24, 2.45) is 0 Å². The van der Waals surface area contributed by atoms with Crippen LogP contribution in [-0.2, 0) is 4.79 Å². The van der Waals surface area contributed by atoms with E-state index in [0.717, 1.165) is 6.07 Å². The molecule has 0 spiro atoms. The molecule has 0 fully saturated rings. The monoisotopic (exact) mass is 351 g/mol. The maximum absolute atomic E-state index is 12.1. The standard InChI is InChI=1S/C15H14ClN3O5/c1-2-3-13(20)17-9-4-5-10(16)11(8-9)18-15(21)12-6-7-14(24-12)19(22)23/h4-8H,2-3H2,1H3,(H,17,20)(H,18,21). The fraction of sp³-hybridized carbons (Fsp3) is 0.200. The minimum atomic E-state index is -0.742. The number of halogens is 1. The summed E-state index contributed by atoms with van der Waals surface area (Å²) in [6, 6.07) is 6.88. The summed E-state index contributed by atoms with van der Waals surface area (Å²) >= 11 is 6.01. The van der Waals surface area contributed by atoms with E-state index >= 15 is 0 Å². The zero-order valence-electron chi connectivity index (χ0n) is 12.7. The van der Waals surface area contributed by atoms with Gasteiger partial charge in [-0.05, 0) is 30.7 Å². The van der Waals surface area contributed by atoms with E-state index < -0.39 is 16.7 Å². The lowest BCUT2D eigenvalue weighted by Crippen LogP contribution is -2.13. The molecule has 0 saturated heterocycles. The van der Waals surface area contributed by atoms with Gasteiger partial charge in [0, 0.05) is 12.1 Å². The smallest absolute Gasteiger partial charge is 0.395 e. The molecule has 0 saturated carbocycles. The number of hydrogen-bond donors (Lipinski definition) is 2. The van der Waals surface area contributed by atoms with Crippen LogP contribution in [0.1, 0.15) is 30.3 Å². The second kappa shape index (κ2) is 7.60. The normalized spacial score (nSPS) is 10.2. The van der Waals surface area contributed by atoms with Gasteiger partial charge in [0.15, 0.2) is 5.76 Å². The Labute approximate surface area is 141 Å². The Balaban J connectivity index is 2.14. The van der Waals surface area contributed by atoms with Gasteiger partial charge in [-0.25, -0.2) is 0 Å². The molecule has 1 aromatic heterocycles. The fourth-order valence-corrected chi connectivity index (χ4v) is 2.05. The number of rotatable bonds is 6. The average Bonchev–Trinajstić information content (AvgIpc) is 3.01. The third-order valence-electron chi connectivity index (χ3n) is 2.97. The highest BCUT2D eigenvalue weighted by molar-refractivity contribution is 6.34. The average molecular weight is 352 g/mol. The van der Waals surface area contributed by atoms with Gasteiger partial charge in [0.05, 0.1) is 16.8 Å². The van der Waals surface area contributed by atoms with E-state index in [4.69, 9.17) is 16.0 Å². The largest absolute Gasteiger partial charge is 0.433 e. The number of carbonyl (C=O) groups is 2. The molecule has 1 heterocycles.